The van der Waals surface area contributed by atoms with Gasteiger partial charge < -0.3 is 16.4 Å². The van der Waals surface area contributed by atoms with Crippen molar-refractivity contribution in [2.45, 2.75) is 25.8 Å². The molecule has 1 saturated carbocycles. The number of nitrogens with one attached hydrogen (secondary N) is 2. The van der Waals surface area contributed by atoms with Crippen LogP contribution in [0.25, 0.3) is 0 Å². The van der Waals surface area contributed by atoms with Gasteiger partial charge in [0.1, 0.15) is 0 Å². The van der Waals surface area contributed by atoms with E-state index in [1.807, 2.05) is 0 Å². The van der Waals surface area contributed by atoms with E-state index < -0.39 is 0 Å². The number of rotatable bonds is 3. The Labute approximate surface area is 103 Å². The quantitative estimate of drug-likeness (QED) is 0.748. The second-order valence-electron chi connectivity index (χ2n) is 4.12. The van der Waals surface area contributed by atoms with Crippen LogP contribution in [0.1, 0.15) is 38.4 Å². The van der Waals surface area contributed by atoms with Gasteiger partial charge >= 0.3 is 0 Å². The normalized spacial score (nSPS) is 14.5. The first kappa shape index (κ1) is 11.9. The lowest BCUT2D eigenvalue weighted by Crippen LogP contribution is -2.26. The maximum Gasteiger partial charge on any atom is 0.261 e. The smallest absolute Gasteiger partial charge is 0.261 e. The van der Waals surface area contributed by atoms with Crippen molar-refractivity contribution in [2.24, 2.45) is 0 Å². The molecule has 0 aliphatic heterocycles. The van der Waals surface area contributed by atoms with Gasteiger partial charge in [-0.15, -0.1) is 11.3 Å². The van der Waals surface area contributed by atoms with Crippen LogP contribution in [0, 0.1) is 6.92 Å². The summed E-state index contributed by atoms with van der Waals surface area (Å²) in [7, 11) is 1.56. The largest absolute Gasteiger partial charge is 0.390 e. The van der Waals surface area contributed by atoms with Crippen LogP contribution in [-0.4, -0.2) is 24.9 Å². The Bertz CT molecular complexity index is 477. The maximum atomic E-state index is 11.9. The number of hydrogen-bond donors (Lipinski definition) is 3. The van der Waals surface area contributed by atoms with Gasteiger partial charge in [0.05, 0.1) is 15.4 Å². The molecule has 1 aromatic rings. The summed E-state index contributed by atoms with van der Waals surface area (Å²) in [6, 6.07) is 0.282. The van der Waals surface area contributed by atoms with Crippen molar-refractivity contribution in [1.82, 2.24) is 10.6 Å². The molecule has 92 valence electrons. The SMILES string of the molecule is CNC(=O)c1sc(N)c(C(=O)NC2CC2)c1C. The third-order valence-electron chi connectivity index (χ3n) is 2.75. The minimum Gasteiger partial charge on any atom is -0.390 e. The second-order valence-corrected chi connectivity index (χ2v) is 5.17. The predicted molar refractivity (Wildman–Crippen MR) is 67.3 cm³/mol. The van der Waals surface area contributed by atoms with Crippen LogP contribution in [0.4, 0.5) is 5.00 Å². The lowest BCUT2D eigenvalue weighted by Gasteiger charge is -2.04. The van der Waals surface area contributed by atoms with Crippen molar-refractivity contribution in [3.63, 3.8) is 0 Å². The summed E-state index contributed by atoms with van der Waals surface area (Å²) in [6.45, 7) is 1.75. The minimum atomic E-state index is -0.204. The molecule has 0 saturated heterocycles. The highest BCUT2D eigenvalue weighted by Crippen LogP contribution is 2.31. The molecule has 2 rings (SSSR count). The van der Waals surface area contributed by atoms with Gasteiger partial charge in [-0.25, -0.2) is 0 Å². The highest BCUT2D eigenvalue weighted by Gasteiger charge is 2.28. The van der Waals surface area contributed by atoms with Crippen LogP contribution in [0.3, 0.4) is 0 Å². The van der Waals surface area contributed by atoms with Gasteiger partial charge in [-0.05, 0) is 25.3 Å². The van der Waals surface area contributed by atoms with Crippen molar-refractivity contribution < 1.29 is 9.59 Å². The molecule has 6 heteroatoms. The highest BCUT2D eigenvalue weighted by molar-refractivity contribution is 7.18. The van der Waals surface area contributed by atoms with Crippen molar-refractivity contribution >= 4 is 28.2 Å². The summed E-state index contributed by atoms with van der Waals surface area (Å²) in [5, 5.41) is 5.82. The van der Waals surface area contributed by atoms with Gasteiger partial charge in [0.15, 0.2) is 0 Å². The third kappa shape index (κ3) is 2.26. The van der Waals surface area contributed by atoms with Gasteiger partial charge in [0.2, 0.25) is 0 Å². The van der Waals surface area contributed by atoms with Crippen LogP contribution < -0.4 is 16.4 Å². The number of hydrogen-bond acceptors (Lipinski definition) is 4. The molecule has 1 heterocycles. The molecule has 0 radical (unpaired) electrons. The van der Waals surface area contributed by atoms with Crippen LogP contribution >= 0.6 is 11.3 Å². The molecule has 5 nitrogen and oxygen atoms in total. The second kappa shape index (κ2) is 4.37. The Kier molecular flexibility index (Phi) is 3.06. The summed E-state index contributed by atoms with van der Waals surface area (Å²) in [4.78, 5) is 24.0. The first-order chi connectivity index (χ1) is 8.04. The van der Waals surface area contributed by atoms with E-state index in [9.17, 15) is 9.59 Å². The fraction of sp³-hybridized carbons (Fsp3) is 0.455. The zero-order chi connectivity index (χ0) is 12.6. The Morgan fingerprint density at radius 1 is 1.35 bits per heavy atom. The fourth-order valence-electron chi connectivity index (χ4n) is 1.63. The average Bonchev–Trinajstić information content (AvgIpc) is 3.03. The third-order valence-corrected chi connectivity index (χ3v) is 3.87. The highest BCUT2D eigenvalue weighted by atomic mass is 32.1. The maximum absolute atomic E-state index is 11.9. The van der Waals surface area contributed by atoms with Gasteiger partial charge in [-0.3, -0.25) is 9.59 Å². The number of nitrogens with two attached hydrogens (primary N) is 1. The van der Waals surface area contributed by atoms with E-state index in [4.69, 9.17) is 5.73 Å². The van der Waals surface area contributed by atoms with Gasteiger partial charge in [-0.2, -0.15) is 0 Å². The van der Waals surface area contributed by atoms with Gasteiger partial charge in [0, 0.05) is 13.1 Å². The van der Waals surface area contributed by atoms with Gasteiger partial charge in [-0.1, -0.05) is 0 Å². The Morgan fingerprint density at radius 2 is 2.00 bits per heavy atom. The molecular weight excluding hydrogens is 238 g/mol. The standard InChI is InChI=1S/C11H15N3O2S/c1-5-7(10(15)14-6-3-4-6)9(12)17-8(5)11(16)13-2/h6H,3-4,12H2,1-2H3,(H,13,16)(H,14,15). The topological polar surface area (TPSA) is 84.2 Å². The number of carbonyl (C=O) groups excluding carboxylic acids is 2. The number of anilines is 1. The van der Waals surface area contributed by atoms with Crippen molar-refractivity contribution in [3.8, 4) is 0 Å². The molecule has 0 unspecified atom stereocenters. The summed E-state index contributed by atoms with van der Waals surface area (Å²) >= 11 is 1.15. The number of nitrogen functional groups attached to an aromatic ring is 1. The molecule has 0 bridgehead atoms. The number of thiophene rings is 1. The zero-order valence-electron chi connectivity index (χ0n) is 9.79. The van der Waals surface area contributed by atoms with E-state index >= 15 is 0 Å². The molecule has 1 aliphatic rings. The first-order valence-electron chi connectivity index (χ1n) is 5.46. The Hall–Kier alpha value is -1.56. The van der Waals surface area contributed by atoms with E-state index in [0.717, 1.165) is 24.2 Å². The monoisotopic (exact) mass is 253 g/mol. The zero-order valence-corrected chi connectivity index (χ0v) is 10.6. The Balaban J connectivity index is 2.29. The number of carbonyl (C=O) groups is 2. The Morgan fingerprint density at radius 3 is 2.53 bits per heavy atom. The van der Waals surface area contributed by atoms with Crippen LogP contribution in [0.2, 0.25) is 0 Å². The summed E-state index contributed by atoms with van der Waals surface area (Å²) in [5.41, 5.74) is 6.91. The summed E-state index contributed by atoms with van der Waals surface area (Å²) < 4.78 is 0. The van der Waals surface area contributed by atoms with E-state index in [0.29, 0.717) is 21.0 Å². The fourth-order valence-corrected chi connectivity index (χ4v) is 2.65. The molecule has 1 aromatic heterocycles. The molecule has 17 heavy (non-hydrogen) atoms. The molecule has 0 atom stereocenters. The van der Waals surface area contributed by atoms with Gasteiger partial charge in [0.25, 0.3) is 11.8 Å². The molecule has 4 N–H and O–H groups in total. The van der Waals surface area contributed by atoms with Crippen LogP contribution in [0.5, 0.6) is 0 Å². The van der Waals surface area contributed by atoms with Crippen LogP contribution in [-0.2, 0) is 0 Å². The van der Waals surface area contributed by atoms with E-state index in [1.54, 1.807) is 14.0 Å². The summed E-state index contributed by atoms with van der Waals surface area (Å²) in [5.74, 6) is -0.376. The van der Waals surface area contributed by atoms with Crippen molar-refractivity contribution in [3.05, 3.63) is 16.0 Å². The average molecular weight is 253 g/mol. The van der Waals surface area contributed by atoms with E-state index in [2.05, 4.69) is 10.6 Å². The van der Waals surface area contributed by atoms with E-state index in [1.165, 1.54) is 0 Å². The molecule has 1 fully saturated rings. The number of amides is 2. The van der Waals surface area contributed by atoms with E-state index in [-0.39, 0.29) is 17.9 Å². The minimum absolute atomic E-state index is 0.172. The van der Waals surface area contributed by atoms with Crippen LogP contribution in [0.15, 0.2) is 0 Å². The summed E-state index contributed by atoms with van der Waals surface area (Å²) in [6.07, 6.45) is 2.05. The first-order valence-corrected chi connectivity index (χ1v) is 6.28. The van der Waals surface area contributed by atoms with Crippen molar-refractivity contribution in [2.75, 3.05) is 12.8 Å². The predicted octanol–water partition coefficient (Wildman–Crippen LogP) is 0.891. The lowest BCUT2D eigenvalue weighted by molar-refractivity contribution is 0.0951. The molecule has 1 aliphatic carbocycles. The molecule has 2 amide bonds. The van der Waals surface area contributed by atoms with Crippen molar-refractivity contribution in [1.29, 1.82) is 0 Å². The molecule has 0 spiro atoms. The molecular formula is C11H15N3O2S. The molecule has 0 aromatic carbocycles. The lowest BCUT2D eigenvalue weighted by atomic mass is 10.1.